The average molecular weight is 293 g/mol. The number of halogens is 1. The quantitative estimate of drug-likeness (QED) is 0.461. The van der Waals surface area contributed by atoms with Crippen molar-refractivity contribution in [2.75, 3.05) is 0 Å². The molecule has 0 amide bonds. The van der Waals surface area contributed by atoms with Crippen molar-refractivity contribution in [2.45, 2.75) is 10.8 Å². The molecule has 0 radical (unpaired) electrons. The Morgan fingerprint density at radius 3 is 2.61 bits per heavy atom. The molecule has 0 aliphatic carbocycles. The Balaban J connectivity index is 1.97. The number of benzene rings is 1. The van der Waals surface area contributed by atoms with E-state index in [0.717, 1.165) is 21.5 Å². The lowest BCUT2D eigenvalue weighted by Crippen LogP contribution is -1.82. The molecule has 0 fully saturated rings. The summed E-state index contributed by atoms with van der Waals surface area (Å²) < 4.78 is 0. The van der Waals surface area contributed by atoms with Gasteiger partial charge in [0.2, 0.25) is 0 Å². The predicted molar refractivity (Wildman–Crippen MR) is 79.9 cm³/mol. The van der Waals surface area contributed by atoms with E-state index in [1.807, 2.05) is 36.4 Å². The summed E-state index contributed by atoms with van der Waals surface area (Å²) in [6.45, 7) is 0. The van der Waals surface area contributed by atoms with E-state index >= 15 is 0 Å². The first-order valence-electron chi connectivity index (χ1n) is 5.19. The zero-order chi connectivity index (χ0) is 12.8. The summed E-state index contributed by atoms with van der Waals surface area (Å²) in [5.74, 6) is 0.861. The fourth-order valence-corrected chi connectivity index (χ4v) is 2.34. The number of aromatic nitrogens is 1. The number of aliphatic imine (C=N–C) groups is 1. The van der Waals surface area contributed by atoms with E-state index in [1.54, 1.807) is 18.0 Å². The van der Waals surface area contributed by atoms with Gasteiger partial charge in [-0.1, -0.05) is 23.7 Å². The van der Waals surface area contributed by atoms with Crippen LogP contribution >= 0.6 is 35.6 Å². The Morgan fingerprint density at radius 1 is 1.22 bits per heavy atom. The molecule has 0 saturated carbocycles. The molecule has 2 aromatic rings. The van der Waals surface area contributed by atoms with Crippen molar-refractivity contribution >= 4 is 46.4 Å². The number of hydrogen-bond donors (Lipinski definition) is 0. The molecule has 2 nitrogen and oxygen atoms in total. The van der Waals surface area contributed by atoms with Crippen LogP contribution in [0.4, 0.5) is 5.69 Å². The Bertz CT molecular complexity index is 561. The number of pyridine rings is 1. The fourth-order valence-electron chi connectivity index (χ4n) is 1.31. The maximum atomic E-state index is 5.83. The van der Waals surface area contributed by atoms with Gasteiger partial charge in [0, 0.05) is 10.8 Å². The zero-order valence-corrected chi connectivity index (χ0v) is 11.7. The first kappa shape index (κ1) is 13.2. The minimum atomic E-state index is 0.723. The van der Waals surface area contributed by atoms with Gasteiger partial charge in [-0.2, -0.15) is 4.99 Å². The molecule has 0 aliphatic rings. The minimum absolute atomic E-state index is 0.723. The molecule has 0 spiro atoms. The van der Waals surface area contributed by atoms with Crippen molar-refractivity contribution in [3.05, 3.63) is 53.2 Å². The van der Waals surface area contributed by atoms with Crippen LogP contribution in [0.25, 0.3) is 0 Å². The maximum Gasteiger partial charge on any atom is 0.0964 e. The molecule has 90 valence electrons. The van der Waals surface area contributed by atoms with Crippen LogP contribution in [0.5, 0.6) is 0 Å². The largest absolute Gasteiger partial charge is 0.248 e. The van der Waals surface area contributed by atoms with Crippen LogP contribution in [-0.2, 0) is 5.75 Å². The third-order valence-corrected chi connectivity index (χ3v) is 3.55. The number of thiocarbonyl (C=S) groups is 1. The summed E-state index contributed by atoms with van der Waals surface area (Å²) in [6, 6.07) is 11.6. The van der Waals surface area contributed by atoms with E-state index in [-0.39, 0.29) is 0 Å². The van der Waals surface area contributed by atoms with E-state index < -0.39 is 0 Å². The molecule has 2 rings (SSSR count). The van der Waals surface area contributed by atoms with Gasteiger partial charge in [-0.05, 0) is 42.0 Å². The van der Waals surface area contributed by atoms with E-state index in [4.69, 9.17) is 11.6 Å². The lowest BCUT2D eigenvalue weighted by Gasteiger charge is -2.01. The number of thioether (sulfide) groups is 1. The first-order chi connectivity index (χ1) is 8.78. The Morgan fingerprint density at radius 2 is 2.00 bits per heavy atom. The lowest BCUT2D eigenvalue weighted by molar-refractivity contribution is 1.13. The van der Waals surface area contributed by atoms with Gasteiger partial charge in [0.05, 0.1) is 22.1 Å². The SMILES string of the molecule is S=C=Nc1ccc(SCc2ccc(Cl)cc2)nc1. The van der Waals surface area contributed by atoms with Crippen LogP contribution in [0.15, 0.2) is 52.6 Å². The summed E-state index contributed by atoms with van der Waals surface area (Å²) in [5.41, 5.74) is 1.94. The average Bonchev–Trinajstić information content (AvgIpc) is 2.40. The highest BCUT2D eigenvalue weighted by atomic mass is 35.5. The highest BCUT2D eigenvalue weighted by Crippen LogP contribution is 2.23. The van der Waals surface area contributed by atoms with Crippen LogP contribution in [0.3, 0.4) is 0 Å². The second-order valence-electron chi connectivity index (χ2n) is 3.47. The molecule has 0 saturated heterocycles. The standard InChI is InChI=1S/C13H9ClN2S2/c14-11-3-1-10(2-4-11)8-18-13-6-5-12(7-15-13)16-9-17/h1-7H,8H2. The second kappa shape index (κ2) is 6.66. The van der Waals surface area contributed by atoms with Crippen molar-refractivity contribution in [3.63, 3.8) is 0 Å². The summed E-state index contributed by atoms with van der Waals surface area (Å²) in [4.78, 5) is 8.14. The van der Waals surface area contributed by atoms with Crippen LogP contribution in [0.2, 0.25) is 5.02 Å². The van der Waals surface area contributed by atoms with Crippen molar-refractivity contribution in [3.8, 4) is 0 Å². The van der Waals surface area contributed by atoms with E-state index in [1.165, 1.54) is 5.56 Å². The van der Waals surface area contributed by atoms with Gasteiger partial charge in [0.1, 0.15) is 0 Å². The fraction of sp³-hybridized carbons (Fsp3) is 0.0769. The topological polar surface area (TPSA) is 25.2 Å². The zero-order valence-electron chi connectivity index (χ0n) is 9.34. The Hall–Kier alpha value is -1.19. The van der Waals surface area contributed by atoms with Gasteiger partial charge in [0.25, 0.3) is 0 Å². The molecule has 0 aliphatic heterocycles. The van der Waals surface area contributed by atoms with Crippen LogP contribution < -0.4 is 0 Å². The normalized spacial score (nSPS) is 9.83. The molecule has 0 unspecified atom stereocenters. The molecular formula is C13H9ClN2S2. The molecule has 1 heterocycles. The van der Waals surface area contributed by atoms with E-state index in [2.05, 4.69) is 27.4 Å². The predicted octanol–water partition coefficient (Wildman–Crippen LogP) is 4.76. The van der Waals surface area contributed by atoms with Crippen LogP contribution in [-0.4, -0.2) is 10.1 Å². The highest BCUT2D eigenvalue weighted by Gasteiger charge is 1.98. The number of isothiocyanates is 1. The van der Waals surface area contributed by atoms with Crippen LogP contribution in [0, 0.1) is 0 Å². The van der Waals surface area contributed by atoms with Gasteiger partial charge >= 0.3 is 0 Å². The van der Waals surface area contributed by atoms with Gasteiger partial charge in [-0.3, -0.25) is 0 Å². The first-order valence-corrected chi connectivity index (χ1v) is 6.96. The van der Waals surface area contributed by atoms with Crippen molar-refractivity contribution in [1.82, 2.24) is 4.98 Å². The molecule has 0 atom stereocenters. The van der Waals surface area contributed by atoms with E-state index in [0.29, 0.717) is 0 Å². The van der Waals surface area contributed by atoms with Crippen molar-refractivity contribution < 1.29 is 0 Å². The molecular weight excluding hydrogens is 284 g/mol. The molecule has 0 N–H and O–H groups in total. The van der Waals surface area contributed by atoms with Crippen molar-refractivity contribution in [2.24, 2.45) is 4.99 Å². The van der Waals surface area contributed by atoms with Crippen molar-refractivity contribution in [1.29, 1.82) is 0 Å². The number of nitrogens with zero attached hydrogens (tertiary/aromatic N) is 2. The molecule has 1 aromatic heterocycles. The summed E-state index contributed by atoms with van der Waals surface area (Å²) in [5, 5.41) is 4.02. The van der Waals surface area contributed by atoms with Gasteiger partial charge < -0.3 is 0 Å². The highest BCUT2D eigenvalue weighted by molar-refractivity contribution is 7.98. The second-order valence-corrected chi connectivity index (χ2v) is 5.09. The van der Waals surface area contributed by atoms with E-state index in [9.17, 15) is 0 Å². The molecule has 5 heteroatoms. The van der Waals surface area contributed by atoms with Crippen LogP contribution in [0.1, 0.15) is 5.56 Å². The van der Waals surface area contributed by atoms with Gasteiger partial charge in [-0.15, -0.1) is 11.8 Å². The Labute approximate surface area is 120 Å². The number of rotatable bonds is 4. The smallest absolute Gasteiger partial charge is 0.0964 e. The summed E-state index contributed by atoms with van der Waals surface area (Å²) in [6.07, 6.45) is 1.68. The summed E-state index contributed by atoms with van der Waals surface area (Å²) >= 11 is 12.0. The minimum Gasteiger partial charge on any atom is -0.248 e. The number of hydrogen-bond acceptors (Lipinski definition) is 4. The molecule has 18 heavy (non-hydrogen) atoms. The third kappa shape index (κ3) is 3.93. The monoisotopic (exact) mass is 292 g/mol. The third-order valence-electron chi connectivity index (χ3n) is 2.20. The van der Waals surface area contributed by atoms with Gasteiger partial charge in [-0.25, -0.2) is 4.98 Å². The molecule has 0 bridgehead atoms. The lowest BCUT2D eigenvalue weighted by atomic mass is 10.2. The summed E-state index contributed by atoms with van der Waals surface area (Å²) in [7, 11) is 0. The Kier molecular flexibility index (Phi) is 4.90. The molecule has 1 aromatic carbocycles. The maximum absolute atomic E-state index is 5.83. The van der Waals surface area contributed by atoms with Gasteiger partial charge in [0.15, 0.2) is 0 Å².